The summed E-state index contributed by atoms with van der Waals surface area (Å²) >= 11 is 5.82. The first-order valence-electron chi connectivity index (χ1n) is 10.6. The van der Waals surface area contributed by atoms with Crippen molar-refractivity contribution >= 4 is 34.9 Å². The number of nitrogens with one attached hydrogen (secondary N) is 1. The first-order valence-corrected chi connectivity index (χ1v) is 11.0. The summed E-state index contributed by atoms with van der Waals surface area (Å²) in [6.07, 6.45) is -3.77. The van der Waals surface area contributed by atoms with Crippen molar-refractivity contribution in [2.75, 3.05) is 31.6 Å². The summed E-state index contributed by atoms with van der Waals surface area (Å²) in [5, 5.41) is 23.5. The maximum absolute atomic E-state index is 12.7. The Hall–Kier alpha value is -2.94. The molecule has 0 bridgehead atoms. The number of halogens is 1. The number of hydrogen-bond acceptors (Lipinski definition) is 6. The molecule has 0 aromatic heterocycles. The first kappa shape index (κ1) is 26.3. The van der Waals surface area contributed by atoms with Gasteiger partial charge in [0, 0.05) is 49.5 Å². The van der Waals surface area contributed by atoms with Crippen LogP contribution < -0.4 is 10.2 Å². The minimum absolute atomic E-state index is 0.0169. The Morgan fingerprint density at radius 2 is 1.58 bits per heavy atom. The number of carbonyl (C=O) groups is 3. The van der Waals surface area contributed by atoms with Gasteiger partial charge < -0.3 is 25.3 Å². The van der Waals surface area contributed by atoms with Crippen molar-refractivity contribution in [3.8, 4) is 0 Å². The molecule has 0 unspecified atom stereocenters. The molecule has 2 aromatic rings. The van der Waals surface area contributed by atoms with Gasteiger partial charge in [-0.1, -0.05) is 23.7 Å². The monoisotopic (exact) mass is 475 g/mol. The van der Waals surface area contributed by atoms with Gasteiger partial charge in [-0.05, 0) is 55.8 Å². The van der Waals surface area contributed by atoms with Crippen LogP contribution in [0.4, 0.5) is 5.69 Å². The van der Waals surface area contributed by atoms with Crippen molar-refractivity contribution in [2.24, 2.45) is 0 Å². The predicted octanol–water partition coefficient (Wildman–Crippen LogP) is 1.87. The van der Waals surface area contributed by atoms with Crippen LogP contribution in [0, 0.1) is 0 Å². The Kier molecular flexibility index (Phi) is 9.84. The normalized spacial score (nSPS) is 12.5. The van der Waals surface area contributed by atoms with E-state index in [4.69, 9.17) is 11.6 Å². The third-order valence-corrected chi connectivity index (χ3v) is 5.57. The van der Waals surface area contributed by atoms with Gasteiger partial charge in [-0.15, -0.1) is 0 Å². The fourth-order valence-corrected chi connectivity index (χ4v) is 3.26. The lowest BCUT2D eigenvalue weighted by molar-refractivity contribution is -0.152. The molecule has 2 atom stereocenters. The van der Waals surface area contributed by atoms with Crippen LogP contribution in [0.5, 0.6) is 0 Å². The van der Waals surface area contributed by atoms with Crippen molar-refractivity contribution in [3.63, 3.8) is 0 Å². The van der Waals surface area contributed by atoms with E-state index in [-0.39, 0.29) is 18.9 Å². The number of likely N-dealkylation sites (N-methyl/N-ethyl adjacent to an activating group) is 2. The van der Waals surface area contributed by atoms with Gasteiger partial charge in [-0.3, -0.25) is 14.4 Å². The molecule has 33 heavy (non-hydrogen) atoms. The van der Waals surface area contributed by atoms with E-state index in [0.29, 0.717) is 23.7 Å². The summed E-state index contributed by atoms with van der Waals surface area (Å²) in [5.74, 6) is -1.59. The highest BCUT2D eigenvalue weighted by Crippen LogP contribution is 2.14. The maximum Gasteiger partial charge on any atom is 0.254 e. The highest BCUT2D eigenvalue weighted by atomic mass is 35.5. The molecule has 2 aromatic carbocycles. The zero-order chi connectivity index (χ0) is 24.5. The quantitative estimate of drug-likeness (QED) is 0.428. The largest absolute Gasteiger partial charge is 0.380 e. The van der Waals surface area contributed by atoms with E-state index in [0.717, 1.165) is 11.3 Å². The minimum atomic E-state index is -1.89. The Labute approximate surface area is 198 Å². The Balaban J connectivity index is 1.89. The van der Waals surface area contributed by atoms with Crippen LogP contribution in [0.25, 0.3) is 0 Å². The number of benzene rings is 2. The second-order valence-electron chi connectivity index (χ2n) is 7.68. The lowest BCUT2D eigenvalue weighted by Crippen LogP contribution is -2.51. The van der Waals surface area contributed by atoms with Crippen molar-refractivity contribution < 1.29 is 24.6 Å². The van der Waals surface area contributed by atoms with Crippen LogP contribution in [0.1, 0.15) is 29.8 Å². The first-order chi connectivity index (χ1) is 15.6. The second-order valence-corrected chi connectivity index (χ2v) is 8.11. The van der Waals surface area contributed by atoms with Gasteiger partial charge >= 0.3 is 0 Å². The van der Waals surface area contributed by atoms with E-state index >= 15 is 0 Å². The molecular formula is C24H30ClN3O5. The zero-order valence-corrected chi connectivity index (χ0v) is 19.7. The Bertz CT molecular complexity index is 950. The summed E-state index contributed by atoms with van der Waals surface area (Å²) in [7, 11) is 1.84. The maximum atomic E-state index is 12.7. The van der Waals surface area contributed by atoms with Gasteiger partial charge in [0.2, 0.25) is 0 Å². The number of Topliss-reactive ketones (excluding diaryl/α,β-unsaturated/α-hetero) is 1. The van der Waals surface area contributed by atoms with Crippen LogP contribution in [-0.2, 0) is 16.1 Å². The molecule has 0 aliphatic heterocycles. The fourth-order valence-electron chi connectivity index (χ4n) is 3.14. The van der Waals surface area contributed by atoms with E-state index in [1.54, 1.807) is 43.3 Å². The molecule has 9 heteroatoms. The third-order valence-electron chi connectivity index (χ3n) is 5.31. The standard InChI is InChI=1S/C24H30ClN3O5/c1-4-28(14-13-27(3)20-11-7-18(8-12-20)16(2)29)24(33)22(31)21(30)23(32)26-15-17-5-9-19(25)10-6-17/h5-12,21-22,30-31H,4,13-15H2,1-3H3,(H,26,32)/t21-,22-/m1/s1. The number of carbonyl (C=O) groups excluding carboxylic acids is 3. The van der Waals surface area contributed by atoms with E-state index in [1.165, 1.54) is 11.8 Å². The van der Waals surface area contributed by atoms with Crippen molar-refractivity contribution in [1.82, 2.24) is 10.2 Å². The number of nitrogens with zero attached hydrogens (tertiary/aromatic N) is 2. The number of hydrogen-bond donors (Lipinski definition) is 3. The topological polar surface area (TPSA) is 110 Å². The highest BCUT2D eigenvalue weighted by Gasteiger charge is 2.32. The van der Waals surface area contributed by atoms with Gasteiger partial charge in [-0.2, -0.15) is 0 Å². The summed E-state index contributed by atoms with van der Waals surface area (Å²) in [6.45, 7) is 4.40. The molecule has 0 radical (unpaired) electrons. The Morgan fingerprint density at radius 1 is 0.970 bits per heavy atom. The molecule has 0 heterocycles. The molecule has 178 valence electrons. The number of rotatable bonds is 11. The molecule has 2 amide bonds. The second kappa shape index (κ2) is 12.3. The predicted molar refractivity (Wildman–Crippen MR) is 127 cm³/mol. The summed E-state index contributed by atoms with van der Waals surface area (Å²) < 4.78 is 0. The molecule has 0 aliphatic carbocycles. The van der Waals surface area contributed by atoms with Crippen LogP contribution in [-0.4, -0.2) is 71.6 Å². The number of anilines is 1. The lowest BCUT2D eigenvalue weighted by Gasteiger charge is -2.28. The van der Waals surface area contributed by atoms with Crippen molar-refractivity contribution in [2.45, 2.75) is 32.6 Å². The average Bonchev–Trinajstić information content (AvgIpc) is 2.82. The average molecular weight is 476 g/mol. The molecular weight excluding hydrogens is 446 g/mol. The smallest absolute Gasteiger partial charge is 0.254 e. The minimum Gasteiger partial charge on any atom is -0.380 e. The Morgan fingerprint density at radius 3 is 2.12 bits per heavy atom. The third kappa shape index (κ3) is 7.56. The molecule has 0 aliphatic rings. The summed E-state index contributed by atoms with van der Waals surface area (Å²) in [4.78, 5) is 39.6. The summed E-state index contributed by atoms with van der Waals surface area (Å²) in [5.41, 5.74) is 2.24. The van der Waals surface area contributed by atoms with Gasteiger partial charge in [0.1, 0.15) is 0 Å². The van der Waals surface area contributed by atoms with Gasteiger partial charge in [-0.25, -0.2) is 0 Å². The van der Waals surface area contributed by atoms with E-state index in [9.17, 15) is 24.6 Å². The fraction of sp³-hybridized carbons (Fsp3) is 0.375. The van der Waals surface area contributed by atoms with Crippen LogP contribution in [0.2, 0.25) is 5.02 Å². The van der Waals surface area contributed by atoms with Crippen LogP contribution >= 0.6 is 11.6 Å². The van der Waals surface area contributed by atoms with Gasteiger partial charge in [0.25, 0.3) is 11.8 Å². The zero-order valence-electron chi connectivity index (χ0n) is 19.0. The van der Waals surface area contributed by atoms with Gasteiger partial charge in [0.05, 0.1) is 0 Å². The number of amides is 2. The molecule has 0 fully saturated rings. The van der Waals surface area contributed by atoms with E-state index in [1.807, 2.05) is 24.1 Å². The molecule has 0 spiro atoms. The molecule has 0 saturated heterocycles. The van der Waals surface area contributed by atoms with E-state index in [2.05, 4.69) is 5.32 Å². The van der Waals surface area contributed by atoms with Gasteiger partial charge in [0.15, 0.2) is 18.0 Å². The molecule has 8 nitrogen and oxygen atoms in total. The lowest BCUT2D eigenvalue weighted by atomic mass is 10.1. The SMILES string of the molecule is CCN(CCN(C)c1ccc(C(C)=O)cc1)C(=O)[C@H](O)[C@@H](O)C(=O)NCc1ccc(Cl)cc1. The van der Waals surface area contributed by atoms with Crippen LogP contribution in [0.15, 0.2) is 48.5 Å². The number of aliphatic hydroxyl groups is 2. The van der Waals surface area contributed by atoms with Crippen LogP contribution in [0.3, 0.4) is 0 Å². The summed E-state index contributed by atoms with van der Waals surface area (Å²) in [6, 6.07) is 13.9. The number of ketones is 1. The highest BCUT2D eigenvalue weighted by molar-refractivity contribution is 6.30. The van der Waals surface area contributed by atoms with E-state index < -0.39 is 24.0 Å². The van der Waals surface area contributed by atoms with Crippen molar-refractivity contribution in [3.05, 3.63) is 64.7 Å². The molecule has 3 N–H and O–H groups in total. The molecule has 2 rings (SSSR count). The number of aliphatic hydroxyl groups excluding tert-OH is 2. The van der Waals surface area contributed by atoms with Crippen molar-refractivity contribution in [1.29, 1.82) is 0 Å². The molecule has 0 saturated carbocycles.